The van der Waals surface area contributed by atoms with Gasteiger partial charge in [-0.05, 0) is 36.6 Å². The lowest BCUT2D eigenvalue weighted by atomic mass is 10.1. The van der Waals surface area contributed by atoms with E-state index in [2.05, 4.69) is 20.2 Å². The second-order valence-electron chi connectivity index (χ2n) is 5.91. The summed E-state index contributed by atoms with van der Waals surface area (Å²) in [5, 5.41) is 3.42. The zero-order chi connectivity index (χ0) is 17.0. The minimum Gasteiger partial charge on any atom is -0.339 e. The molecule has 24 heavy (non-hydrogen) atoms. The van der Waals surface area contributed by atoms with Crippen molar-refractivity contribution in [3.05, 3.63) is 53.9 Å². The van der Waals surface area contributed by atoms with Gasteiger partial charge in [0, 0.05) is 38.1 Å². The third-order valence-electron chi connectivity index (χ3n) is 4.13. The van der Waals surface area contributed by atoms with Gasteiger partial charge in [-0.1, -0.05) is 12.1 Å². The third-order valence-corrected chi connectivity index (χ3v) is 4.13. The number of hydrogen-bond donors (Lipinski definition) is 1. The minimum absolute atomic E-state index is 0.268. The molecule has 3 rings (SSSR count). The fraction of sp³-hybridized carbons (Fsp3) is 0.412. The lowest BCUT2D eigenvalue weighted by Crippen LogP contribution is -2.46. The second kappa shape index (κ2) is 7.17. The van der Waals surface area contributed by atoms with Crippen LogP contribution in [0.15, 0.2) is 42.7 Å². The topological polar surface area (TPSA) is 41.0 Å². The quantitative estimate of drug-likeness (QED) is 0.930. The van der Waals surface area contributed by atoms with E-state index in [1.54, 1.807) is 18.5 Å². The number of halogens is 3. The van der Waals surface area contributed by atoms with Crippen molar-refractivity contribution < 1.29 is 13.2 Å². The number of nitrogens with one attached hydrogen (secondary N) is 1. The molecule has 1 atom stereocenters. The van der Waals surface area contributed by atoms with Gasteiger partial charge in [-0.2, -0.15) is 13.2 Å². The molecule has 0 spiro atoms. The molecule has 2 aromatic rings. The van der Waals surface area contributed by atoms with Crippen LogP contribution in [0.3, 0.4) is 0 Å². The highest BCUT2D eigenvalue weighted by molar-refractivity contribution is 5.30. The average molecular weight is 336 g/mol. The molecule has 1 aromatic heterocycles. The highest BCUT2D eigenvalue weighted by Crippen LogP contribution is 2.29. The first-order valence-corrected chi connectivity index (χ1v) is 7.94. The van der Waals surface area contributed by atoms with Gasteiger partial charge in [-0.15, -0.1) is 0 Å². The molecule has 4 nitrogen and oxygen atoms in total. The van der Waals surface area contributed by atoms with E-state index in [1.165, 1.54) is 12.1 Å². The Bertz CT molecular complexity index is 643. The van der Waals surface area contributed by atoms with Crippen molar-refractivity contribution in [3.63, 3.8) is 0 Å². The van der Waals surface area contributed by atoms with E-state index in [4.69, 9.17) is 0 Å². The Kier molecular flexibility index (Phi) is 4.99. The second-order valence-corrected chi connectivity index (χ2v) is 5.91. The maximum Gasteiger partial charge on any atom is 0.416 e. The van der Waals surface area contributed by atoms with E-state index >= 15 is 0 Å². The summed E-state index contributed by atoms with van der Waals surface area (Å²) in [4.78, 5) is 10.7. The lowest BCUT2D eigenvalue weighted by Gasteiger charge is -2.33. The Morgan fingerprint density at radius 1 is 1.12 bits per heavy atom. The minimum atomic E-state index is -4.29. The van der Waals surface area contributed by atoms with Crippen molar-refractivity contribution in [1.82, 2.24) is 15.3 Å². The summed E-state index contributed by atoms with van der Waals surface area (Å²) < 4.78 is 37.7. The number of benzene rings is 1. The number of nitrogens with zero attached hydrogens (tertiary/aromatic N) is 3. The fourth-order valence-electron chi connectivity index (χ4n) is 2.85. The van der Waals surface area contributed by atoms with E-state index in [9.17, 15) is 13.2 Å². The Morgan fingerprint density at radius 2 is 1.83 bits per heavy atom. The van der Waals surface area contributed by atoms with Crippen LogP contribution in [0, 0.1) is 0 Å². The SMILES string of the molecule is FC(F)(F)c1ccc(CNC2CCCN(c3ncccn3)C2)cc1. The maximum absolute atomic E-state index is 12.6. The van der Waals surface area contributed by atoms with Crippen LogP contribution in [0.4, 0.5) is 19.1 Å². The molecular weight excluding hydrogens is 317 g/mol. The molecule has 0 bridgehead atoms. The summed E-state index contributed by atoms with van der Waals surface area (Å²) >= 11 is 0. The molecule has 0 aliphatic carbocycles. The summed E-state index contributed by atoms with van der Waals surface area (Å²) in [6.07, 6.45) is 1.22. The van der Waals surface area contributed by atoms with Gasteiger partial charge < -0.3 is 10.2 Å². The van der Waals surface area contributed by atoms with Crippen LogP contribution in [0.5, 0.6) is 0 Å². The van der Waals surface area contributed by atoms with Crippen LogP contribution in [-0.2, 0) is 12.7 Å². The molecule has 1 N–H and O–H groups in total. The predicted octanol–water partition coefficient (Wildman–Crippen LogP) is 3.25. The Balaban J connectivity index is 1.55. The van der Waals surface area contributed by atoms with E-state index in [-0.39, 0.29) is 6.04 Å². The summed E-state index contributed by atoms with van der Waals surface area (Å²) in [5.41, 5.74) is 0.229. The number of aromatic nitrogens is 2. The van der Waals surface area contributed by atoms with Gasteiger partial charge in [0.1, 0.15) is 0 Å². The highest BCUT2D eigenvalue weighted by atomic mass is 19.4. The van der Waals surface area contributed by atoms with Crippen LogP contribution in [0.1, 0.15) is 24.0 Å². The molecule has 1 saturated heterocycles. The average Bonchev–Trinajstić information content (AvgIpc) is 2.61. The van der Waals surface area contributed by atoms with Crippen molar-refractivity contribution in [2.24, 2.45) is 0 Å². The predicted molar refractivity (Wildman–Crippen MR) is 85.6 cm³/mol. The van der Waals surface area contributed by atoms with Gasteiger partial charge in [0.25, 0.3) is 0 Å². The fourth-order valence-corrected chi connectivity index (χ4v) is 2.85. The molecule has 1 unspecified atom stereocenters. The van der Waals surface area contributed by atoms with Crippen LogP contribution in [0.2, 0.25) is 0 Å². The first-order valence-electron chi connectivity index (χ1n) is 7.94. The third kappa shape index (κ3) is 4.23. The first kappa shape index (κ1) is 16.7. The highest BCUT2D eigenvalue weighted by Gasteiger charge is 2.30. The molecule has 1 aliphatic heterocycles. The van der Waals surface area contributed by atoms with E-state index in [0.29, 0.717) is 6.54 Å². The maximum atomic E-state index is 12.6. The van der Waals surface area contributed by atoms with Crippen molar-refractivity contribution >= 4 is 5.95 Å². The van der Waals surface area contributed by atoms with Crippen molar-refractivity contribution in [2.45, 2.75) is 31.6 Å². The molecule has 2 heterocycles. The van der Waals surface area contributed by atoms with Crippen LogP contribution in [-0.4, -0.2) is 29.1 Å². The number of rotatable bonds is 4. The Hall–Kier alpha value is -2.15. The molecule has 7 heteroatoms. The van der Waals surface area contributed by atoms with Gasteiger partial charge in [0.2, 0.25) is 5.95 Å². The molecule has 1 aliphatic rings. The molecule has 128 valence electrons. The van der Waals surface area contributed by atoms with Crippen molar-refractivity contribution in [1.29, 1.82) is 0 Å². The Morgan fingerprint density at radius 3 is 2.50 bits per heavy atom. The van der Waals surface area contributed by atoms with Crippen LogP contribution in [0.25, 0.3) is 0 Å². The van der Waals surface area contributed by atoms with E-state index < -0.39 is 11.7 Å². The van der Waals surface area contributed by atoms with Crippen molar-refractivity contribution in [2.75, 3.05) is 18.0 Å². The number of piperidine rings is 1. The van der Waals surface area contributed by atoms with Crippen LogP contribution >= 0.6 is 0 Å². The van der Waals surface area contributed by atoms with E-state index in [0.717, 1.165) is 49.6 Å². The first-order chi connectivity index (χ1) is 11.5. The van der Waals surface area contributed by atoms with Crippen LogP contribution < -0.4 is 10.2 Å². The molecule has 1 fully saturated rings. The van der Waals surface area contributed by atoms with Gasteiger partial charge in [0.15, 0.2) is 0 Å². The zero-order valence-corrected chi connectivity index (χ0v) is 13.1. The lowest BCUT2D eigenvalue weighted by molar-refractivity contribution is -0.137. The van der Waals surface area contributed by atoms with E-state index in [1.807, 2.05) is 0 Å². The normalized spacial score (nSPS) is 18.6. The smallest absolute Gasteiger partial charge is 0.339 e. The molecule has 1 aromatic carbocycles. The molecule has 0 radical (unpaired) electrons. The number of alkyl halides is 3. The molecule has 0 amide bonds. The number of hydrogen-bond acceptors (Lipinski definition) is 4. The van der Waals surface area contributed by atoms with Gasteiger partial charge in [-0.3, -0.25) is 0 Å². The standard InChI is InChI=1S/C17H19F3N4/c18-17(19,20)14-6-4-13(5-7-14)11-23-15-3-1-10-24(12-15)16-21-8-2-9-22-16/h2,4-9,15,23H,1,3,10-12H2. The van der Waals surface area contributed by atoms with Crippen molar-refractivity contribution in [3.8, 4) is 0 Å². The summed E-state index contributed by atoms with van der Waals surface area (Å²) in [6, 6.07) is 7.36. The molecule has 0 saturated carbocycles. The monoisotopic (exact) mass is 336 g/mol. The largest absolute Gasteiger partial charge is 0.416 e. The zero-order valence-electron chi connectivity index (χ0n) is 13.1. The van der Waals surface area contributed by atoms with Gasteiger partial charge in [0.05, 0.1) is 5.56 Å². The van der Waals surface area contributed by atoms with Gasteiger partial charge in [-0.25, -0.2) is 9.97 Å². The summed E-state index contributed by atoms with van der Waals surface area (Å²) in [6.45, 7) is 2.26. The summed E-state index contributed by atoms with van der Waals surface area (Å²) in [7, 11) is 0. The molecular formula is C17H19F3N4. The van der Waals surface area contributed by atoms with Gasteiger partial charge >= 0.3 is 6.18 Å². The Labute approximate surface area is 138 Å². The summed E-state index contributed by atoms with van der Waals surface area (Å²) in [5.74, 6) is 0.721. The number of anilines is 1.